The Labute approximate surface area is 142 Å². The van der Waals surface area contributed by atoms with E-state index in [0.717, 1.165) is 0 Å². The van der Waals surface area contributed by atoms with Crippen molar-refractivity contribution in [1.29, 1.82) is 0 Å². The van der Waals surface area contributed by atoms with Crippen LogP contribution in [0.15, 0.2) is 66.9 Å². The molecule has 0 atom stereocenters. The van der Waals surface area contributed by atoms with Crippen LogP contribution in [0.2, 0.25) is 0 Å². The summed E-state index contributed by atoms with van der Waals surface area (Å²) in [6.45, 7) is 0. The lowest BCUT2D eigenvalue weighted by Gasteiger charge is -2.24. The molecule has 0 aliphatic carbocycles. The van der Waals surface area contributed by atoms with E-state index < -0.39 is 10.7 Å². The van der Waals surface area contributed by atoms with Crippen LogP contribution in [0.1, 0.15) is 10.4 Å². The van der Waals surface area contributed by atoms with Crippen LogP contribution < -0.4 is 4.90 Å². The lowest BCUT2D eigenvalue weighted by molar-refractivity contribution is -0.384. The Hall–Kier alpha value is -3.61. The molecule has 3 rings (SSSR count). The van der Waals surface area contributed by atoms with E-state index in [1.54, 1.807) is 30.3 Å². The second-order valence-electron chi connectivity index (χ2n) is 5.10. The van der Waals surface area contributed by atoms with Gasteiger partial charge in [-0.15, -0.1) is 0 Å². The van der Waals surface area contributed by atoms with Gasteiger partial charge in [-0.2, -0.15) is 0 Å². The minimum Gasteiger partial charge on any atom is -0.298 e. The van der Waals surface area contributed by atoms with Gasteiger partial charge in [0.25, 0.3) is 0 Å². The Balaban J connectivity index is 2.31. The maximum Gasteiger partial charge on any atom is 0.312 e. The molecule has 6 nitrogen and oxygen atoms in total. The van der Waals surface area contributed by atoms with Crippen molar-refractivity contribution in [2.75, 3.05) is 4.90 Å². The molecule has 124 valence electrons. The van der Waals surface area contributed by atoms with Gasteiger partial charge in [0.2, 0.25) is 5.82 Å². The van der Waals surface area contributed by atoms with Crippen LogP contribution in [0, 0.1) is 15.9 Å². The molecule has 0 radical (unpaired) electrons. The zero-order valence-corrected chi connectivity index (χ0v) is 12.9. The number of hydrogen-bond acceptors (Lipinski definition) is 5. The number of nitrogens with zero attached hydrogens (tertiary/aromatic N) is 3. The van der Waals surface area contributed by atoms with Gasteiger partial charge in [0.15, 0.2) is 6.29 Å². The van der Waals surface area contributed by atoms with Gasteiger partial charge in [-0.25, -0.2) is 9.37 Å². The van der Waals surface area contributed by atoms with Crippen molar-refractivity contribution >= 4 is 29.2 Å². The largest absolute Gasteiger partial charge is 0.312 e. The lowest BCUT2D eigenvalue weighted by atomic mass is 10.1. The molecular weight excluding hydrogens is 325 g/mol. The van der Waals surface area contributed by atoms with E-state index >= 15 is 0 Å². The molecule has 0 amide bonds. The van der Waals surface area contributed by atoms with Gasteiger partial charge < -0.3 is 0 Å². The third kappa shape index (κ3) is 3.20. The van der Waals surface area contributed by atoms with Gasteiger partial charge >= 0.3 is 5.69 Å². The third-order valence-electron chi connectivity index (χ3n) is 3.55. The number of aromatic nitrogens is 1. The zero-order valence-electron chi connectivity index (χ0n) is 12.9. The summed E-state index contributed by atoms with van der Waals surface area (Å²) in [6.07, 6.45) is 2.04. The molecule has 0 spiro atoms. The monoisotopic (exact) mass is 337 g/mol. The third-order valence-corrected chi connectivity index (χ3v) is 3.55. The van der Waals surface area contributed by atoms with Crippen molar-refractivity contribution in [2.24, 2.45) is 0 Å². The molecule has 3 aromatic rings. The summed E-state index contributed by atoms with van der Waals surface area (Å²) in [4.78, 5) is 27.8. The standard InChI is InChI=1S/C18H12FN3O3/c19-14-6-3-7-15(11-14)21(16-8-2-1-5-13(16)12-23)18-17(22(24)25)9-4-10-20-18/h1-12H. The Kier molecular flexibility index (Phi) is 4.47. The SMILES string of the molecule is O=Cc1ccccc1N(c1cccc(F)c1)c1ncccc1[N+](=O)[O-]. The van der Waals surface area contributed by atoms with Gasteiger partial charge in [-0.1, -0.05) is 18.2 Å². The van der Waals surface area contributed by atoms with Crippen LogP contribution in [0.3, 0.4) is 0 Å². The van der Waals surface area contributed by atoms with Crippen molar-refractivity contribution in [1.82, 2.24) is 4.98 Å². The zero-order chi connectivity index (χ0) is 17.8. The molecule has 0 aliphatic heterocycles. The summed E-state index contributed by atoms with van der Waals surface area (Å²) in [6, 6.07) is 14.8. The van der Waals surface area contributed by atoms with Crippen LogP contribution >= 0.6 is 0 Å². The molecule has 0 aliphatic rings. The number of rotatable bonds is 5. The smallest absolute Gasteiger partial charge is 0.298 e. The number of carbonyl (C=O) groups excluding carboxylic acids is 1. The van der Waals surface area contributed by atoms with Gasteiger partial charge in [0, 0.05) is 17.8 Å². The van der Waals surface area contributed by atoms with Gasteiger partial charge in [0.05, 0.1) is 16.3 Å². The minimum atomic E-state index is -0.571. The van der Waals surface area contributed by atoms with Crippen molar-refractivity contribution in [3.63, 3.8) is 0 Å². The average Bonchev–Trinajstić information content (AvgIpc) is 2.63. The first-order valence-electron chi connectivity index (χ1n) is 7.31. The first-order valence-corrected chi connectivity index (χ1v) is 7.31. The first-order chi connectivity index (χ1) is 12.1. The number of halogens is 1. The number of aldehydes is 1. The minimum absolute atomic E-state index is 0.00704. The van der Waals surface area contributed by atoms with E-state index in [2.05, 4.69) is 4.98 Å². The molecule has 0 unspecified atom stereocenters. The summed E-state index contributed by atoms with van der Waals surface area (Å²) >= 11 is 0. The maximum absolute atomic E-state index is 13.8. The van der Waals surface area contributed by atoms with E-state index in [1.165, 1.54) is 41.4 Å². The average molecular weight is 337 g/mol. The van der Waals surface area contributed by atoms with Gasteiger partial charge in [-0.3, -0.25) is 19.8 Å². The van der Waals surface area contributed by atoms with Gasteiger partial charge in [-0.05, 0) is 36.4 Å². The molecule has 1 aromatic heterocycles. The van der Waals surface area contributed by atoms with Crippen molar-refractivity contribution in [2.45, 2.75) is 0 Å². The molecule has 25 heavy (non-hydrogen) atoms. The molecule has 0 fully saturated rings. The predicted octanol–water partition coefficient (Wildman–Crippen LogP) is 4.41. The second-order valence-corrected chi connectivity index (χ2v) is 5.10. The summed E-state index contributed by atoms with van der Waals surface area (Å²) in [7, 11) is 0. The van der Waals surface area contributed by atoms with Crippen molar-refractivity contribution in [3.8, 4) is 0 Å². The lowest BCUT2D eigenvalue weighted by Crippen LogP contribution is -2.15. The fraction of sp³-hybridized carbons (Fsp3) is 0. The summed E-state index contributed by atoms with van der Waals surface area (Å²) < 4.78 is 13.8. The summed E-state index contributed by atoms with van der Waals surface area (Å²) in [5.74, 6) is -0.517. The van der Waals surface area contributed by atoms with Crippen molar-refractivity contribution < 1.29 is 14.1 Å². The Morgan fingerprint density at radius 1 is 1.08 bits per heavy atom. The topological polar surface area (TPSA) is 76.3 Å². The summed E-state index contributed by atoms with van der Waals surface area (Å²) in [5.41, 5.74) is 0.722. The summed E-state index contributed by atoms with van der Waals surface area (Å²) in [5, 5.41) is 11.4. The molecule has 0 bridgehead atoms. The Morgan fingerprint density at radius 3 is 2.60 bits per heavy atom. The van der Waals surface area contributed by atoms with Crippen LogP contribution in [0.5, 0.6) is 0 Å². The molecule has 7 heteroatoms. The highest BCUT2D eigenvalue weighted by molar-refractivity contribution is 5.91. The molecular formula is C18H12FN3O3. The van der Waals surface area contributed by atoms with Gasteiger partial charge in [0.1, 0.15) is 5.82 Å². The molecule has 1 heterocycles. The second kappa shape index (κ2) is 6.88. The first kappa shape index (κ1) is 16.3. The highest BCUT2D eigenvalue weighted by Gasteiger charge is 2.25. The van der Waals surface area contributed by atoms with Crippen LogP contribution in [-0.4, -0.2) is 16.2 Å². The molecule has 0 saturated heterocycles. The highest BCUT2D eigenvalue weighted by Crippen LogP contribution is 2.39. The maximum atomic E-state index is 13.8. The van der Waals surface area contributed by atoms with E-state index in [4.69, 9.17) is 0 Å². The Morgan fingerprint density at radius 2 is 1.88 bits per heavy atom. The van der Waals surface area contributed by atoms with Crippen LogP contribution in [-0.2, 0) is 0 Å². The van der Waals surface area contributed by atoms with Crippen molar-refractivity contribution in [3.05, 3.63) is 88.4 Å². The van der Waals surface area contributed by atoms with E-state index in [9.17, 15) is 19.3 Å². The fourth-order valence-electron chi connectivity index (χ4n) is 2.48. The quantitative estimate of drug-likeness (QED) is 0.391. The fourth-order valence-corrected chi connectivity index (χ4v) is 2.48. The van der Waals surface area contributed by atoms with E-state index in [0.29, 0.717) is 23.2 Å². The number of pyridine rings is 1. The number of benzene rings is 2. The van der Waals surface area contributed by atoms with Crippen LogP contribution in [0.4, 0.5) is 27.3 Å². The number of nitro groups is 1. The predicted molar refractivity (Wildman–Crippen MR) is 90.9 cm³/mol. The normalized spacial score (nSPS) is 10.3. The number of para-hydroxylation sites is 1. The molecule has 2 aromatic carbocycles. The number of carbonyl (C=O) groups is 1. The number of hydrogen-bond donors (Lipinski definition) is 0. The Bertz CT molecular complexity index is 946. The van der Waals surface area contributed by atoms with Crippen LogP contribution in [0.25, 0.3) is 0 Å². The molecule has 0 saturated carbocycles. The van der Waals surface area contributed by atoms with E-state index in [1.807, 2.05) is 0 Å². The number of anilines is 3. The highest BCUT2D eigenvalue weighted by atomic mass is 19.1. The van der Waals surface area contributed by atoms with E-state index in [-0.39, 0.29) is 11.5 Å². The molecule has 0 N–H and O–H groups in total.